The highest BCUT2D eigenvalue weighted by Crippen LogP contribution is 2.25. The fraction of sp³-hybridized carbons (Fsp3) is 0.267. The number of nitro benzene ring substituents is 1. The van der Waals surface area contributed by atoms with Crippen LogP contribution in [-0.2, 0) is 0 Å². The smallest absolute Gasteiger partial charge is 0.270 e. The fourth-order valence-corrected chi connectivity index (χ4v) is 2.69. The summed E-state index contributed by atoms with van der Waals surface area (Å²) < 4.78 is 5.68. The Labute approximate surface area is 142 Å². The molecule has 2 aromatic rings. The Hall–Kier alpha value is -2.74. The van der Waals surface area contributed by atoms with Gasteiger partial charge in [-0.25, -0.2) is 4.98 Å². The highest BCUT2D eigenvalue weighted by molar-refractivity contribution is 6.33. The van der Waals surface area contributed by atoms with Crippen LogP contribution < -0.4 is 4.74 Å². The van der Waals surface area contributed by atoms with Crippen LogP contribution in [0.15, 0.2) is 36.8 Å². The molecule has 1 aromatic heterocycles. The first-order valence-electron chi connectivity index (χ1n) is 7.20. The van der Waals surface area contributed by atoms with Crippen molar-refractivity contribution in [3.63, 3.8) is 0 Å². The van der Waals surface area contributed by atoms with Crippen LogP contribution in [0.25, 0.3) is 0 Å². The number of ether oxygens (including phenoxy) is 1. The molecule has 124 valence electrons. The molecular weight excluding hydrogens is 336 g/mol. The molecule has 24 heavy (non-hydrogen) atoms. The summed E-state index contributed by atoms with van der Waals surface area (Å²) in [6.45, 7) is 0.831. The average Bonchev–Trinajstić information content (AvgIpc) is 3.04. The molecule has 1 aliphatic rings. The van der Waals surface area contributed by atoms with Gasteiger partial charge in [0.1, 0.15) is 6.10 Å². The zero-order chi connectivity index (χ0) is 17.1. The van der Waals surface area contributed by atoms with Crippen LogP contribution in [0.5, 0.6) is 5.88 Å². The van der Waals surface area contributed by atoms with Gasteiger partial charge >= 0.3 is 0 Å². The molecule has 8 nitrogen and oxygen atoms in total. The maximum Gasteiger partial charge on any atom is 0.270 e. The number of carbonyl (C=O) groups is 1. The summed E-state index contributed by atoms with van der Waals surface area (Å²) in [6.07, 6.45) is 5.00. The molecule has 1 unspecified atom stereocenters. The first-order valence-corrected chi connectivity index (χ1v) is 7.58. The number of likely N-dealkylation sites (tertiary alicyclic amines) is 1. The lowest BCUT2D eigenvalue weighted by Gasteiger charge is -2.17. The largest absolute Gasteiger partial charge is 0.471 e. The van der Waals surface area contributed by atoms with Gasteiger partial charge in [-0.05, 0) is 6.07 Å². The second-order valence-electron chi connectivity index (χ2n) is 5.24. The van der Waals surface area contributed by atoms with Gasteiger partial charge in [-0.15, -0.1) is 0 Å². The molecule has 0 aliphatic carbocycles. The predicted octanol–water partition coefficient (Wildman–Crippen LogP) is 2.33. The van der Waals surface area contributed by atoms with E-state index in [4.69, 9.17) is 16.3 Å². The van der Waals surface area contributed by atoms with E-state index < -0.39 is 4.92 Å². The standard InChI is InChI=1S/C15H13ClN4O4/c16-13-2-1-10(20(22)23)7-12(13)15(21)19-6-3-11(9-19)24-14-8-17-4-5-18-14/h1-2,4-5,7-8,11H,3,6,9H2. The molecule has 1 aromatic carbocycles. The Morgan fingerprint density at radius 3 is 2.96 bits per heavy atom. The number of nitrogens with zero attached hydrogens (tertiary/aromatic N) is 4. The van der Waals surface area contributed by atoms with Crippen molar-refractivity contribution in [1.82, 2.24) is 14.9 Å². The van der Waals surface area contributed by atoms with Crippen LogP contribution in [0.3, 0.4) is 0 Å². The molecule has 0 bridgehead atoms. The van der Waals surface area contributed by atoms with Crippen LogP contribution in [0.4, 0.5) is 5.69 Å². The molecule has 9 heteroatoms. The van der Waals surface area contributed by atoms with E-state index in [1.807, 2.05) is 0 Å². The van der Waals surface area contributed by atoms with Crippen molar-refractivity contribution in [3.05, 3.63) is 57.5 Å². The number of halogens is 1. The van der Waals surface area contributed by atoms with Crippen molar-refractivity contribution in [2.45, 2.75) is 12.5 Å². The number of rotatable bonds is 4. The minimum atomic E-state index is -0.558. The van der Waals surface area contributed by atoms with Gasteiger partial charge in [0, 0.05) is 37.5 Å². The van der Waals surface area contributed by atoms with Crippen molar-refractivity contribution in [1.29, 1.82) is 0 Å². The topological polar surface area (TPSA) is 98.5 Å². The molecule has 0 radical (unpaired) electrons. The summed E-state index contributed by atoms with van der Waals surface area (Å²) in [7, 11) is 0. The fourth-order valence-electron chi connectivity index (χ4n) is 2.49. The van der Waals surface area contributed by atoms with Crippen molar-refractivity contribution >= 4 is 23.2 Å². The SMILES string of the molecule is O=C(c1cc([N+](=O)[O-])ccc1Cl)N1CCC(Oc2cnccn2)C1. The third-order valence-corrected chi connectivity index (χ3v) is 3.98. The average molecular weight is 349 g/mol. The number of hydrogen-bond acceptors (Lipinski definition) is 6. The molecule has 3 rings (SSSR count). The van der Waals surface area contributed by atoms with E-state index in [9.17, 15) is 14.9 Å². The van der Waals surface area contributed by atoms with Crippen molar-refractivity contribution in [3.8, 4) is 5.88 Å². The van der Waals surface area contributed by atoms with Gasteiger partial charge in [-0.1, -0.05) is 11.6 Å². The van der Waals surface area contributed by atoms with Crippen molar-refractivity contribution in [2.24, 2.45) is 0 Å². The summed E-state index contributed by atoms with van der Waals surface area (Å²) in [5.41, 5.74) is -0.0553. The molecule has 1 amide bonds. The lowest BCUT2D eigenvalue weighted by molar-refractivity contribution is -0.384. The number of amides is 1. The number of benzene rings is 1. The normalized spacial score (nSPS) is 16.9. The highest BCUT2D eigenvalue weighted by atomic mass is 35.5. The number of hydrogen-bond donors (Lipinski definition) is 0. The first-order chi connectivity index (χ1) is 11.5. The van der Waals surface area contributed by atoms with E-state index in [0.29, 0.717) is 25.4 Å². The third kappa shape index (κ3) is 3.43. The lowest BCUT2D eigenvalue weighted by atomic mass is 10.2. The van der Waals surface area contributed by atoms with Gasteiger partial charge in [0.25, 0.3) is 11.6 Å². The van der Waals surface area contributed by atoms with Gasteiger partial charge < -0.3 is 9.64 Å². The van der Waals surface area contributed by atoms with Crippen molar-refractivity contribution < 1.29 is 14.5 Å². The molecule has 0 saturated carbocycles. The quantitative estimate of drug-likeness (QED) is 0.621. The van der Waals surface area contributed by atoms with E-state index in [1.165, 1.54) is 30.6 Å². The maximum absolute atomic E-state index is 12.6. The molecule has 2 heterocycles. The molecular formula is C15H13ClN4O4. The Morgan fingerprint density at radius 2 is 2.25 bits per heavy atom. The predicted molar refractivity (Wildman–Crippen MR) is 85.1 cm³/mol. The number of non-ortho nitro benzene ring substituents is 1. The zero-order valence-corrected chi connectivity index (χ0v) is 13.2. The maximum atomic E-state index is 12.6. The van der Waals surface area contributed by atoms with E-state index in [0.717, 1.165) is 0 Å². The first kappa shape index (κ1) is 16.1. The summed E-state index contributed by atoms with van der Waals surface area (Å²) in [5, 5.41) is 11.1. The van der Waals surface area contributed by atoms with E-state index in [2.05, 4.69) is 9.97 Å². The van der Waals surface area contributed by atoms with Gasteiger partial charge in [0.05, 0.1) is 28.3 Å². The van der Waals surface area contributed by atoms with Crippen molar-refractivity contribution in [2.75, 3.05) is 13.1 Å². The van der Waals surface area contributed by atoms with E-state index >= 15 is 0 Å². The van der Waals surface area contributed by atoms with Crippen LogP contribution in [0.1, 0.15) is 16.8 Å². The minimum absolute atomic E-state index is 0.117. The molecule has 0 N–H and O–H groups in total. The van der Waals surface area contributed by atoms with Gasteiger partial charge in [0.15, 0.2) is 0 Å². The van der Waals surface area contributed by atoms with Crippen LogP contribution >= 0.6 is 11.6 Å². The Kier molecular flexibility index (Phi) is 4.57. The monoisotopic (exact) mass is 348 g/mol. The van der Waals surface area contributed by atoms with Crippen LogP contribution in [0, 0.1) is 10.1 Å². The number of carbonyl (C=O) groups excluding carboxylic acids is 1. The molecule has 1 fully saturated rings. The van der Waals surface area contributed by atoms with E-state index in [-0.39, 0.29) is 28.3 Å². The number of aromatic nitrogens is 2. The van der Waals surface area contributed by atoms with Gasteiger partial charge in [0.2, 0.25) is 5.88 Å². The molecule has 1 atom stereocenters. The Morgan fingerprint density at radius 1 is 1.42 bits per heavy atom. The van der Waals surface area contributed by atoms with Gasteiger partial charge in [-0.3, -0.25) is 19.9 Å². The summed E-state index contributed by atoms with van der Waals surface area (Å²) in [5.74, 6) is 0.0409. The zero-order valence-electron chi connectivity index (χ0n) is 12.5. The number of nitro groups is 1. The molecule has 1 saturated heterocycles. The van der Waals surface area contributed by atoms with Gasteiger partial charge in [-0.2, -0.15) is 0 Å². The lowest BCUT2D eigenvalue weighted by Crippen LogP contribution is -2.31. The van der Waals surface area contributed by atoms with Crippen LogP contribution in [0.2, 0.25) is 5.02 Å². The molecule has 1 aliphatic heterocycles. The molecule has 0 spiro atoms. The Bertz CT molecular complexity index is 771. The summed E-state index contributed by atoms with van der Waals surface area (Å²) in [6, 6.07) is 3.82. The Balaban J connectivity index is 1.70. The van der Waals surface area contributed by atoms with E-state index in [1.54, 1.807) is 11.1 Å². The highest BCUT2D eigenvalue weighted by Gasteiger charge is 2.30. The summed E-state index contributed by atoms with van der Waals surface area (Å²) >= 11 is 6.02. The minimum Gasteiger partial charge on any atom is -0.471 e. The van der Waals surface area contributed by atoms with Crippen LogP contribution in [-0.4, -0.2) is 44.9 Å². The second kappa shape index (κ2) is 6.79. The third-order valence-electron chi connectivity index (χ3n) is 3.65. The second-order valence-corrected chi connectivity index (χ2v) is 5.65. The summed E-state index contributed by atoms with van der Waals surface area (Å²) in [4.78, 5) is 32.4.